The first-order valence-corrected chi connectivity index (χ1v) is 4.68. The fourth-order valence-corrected chi connectivity index (χ4v) is 1.67. The van der Waals surface area contributed by atoms with Crippen molar-refractivity contribution in [1.29, 1.82) is 0 Å². The largest absolute Gasteiger partial charge is 0.495 e. The van der Waals surface area contributed by atoms with Crippen LogP contribution in [0.2, 0.25) is 0 Å². The van der Waals surface area contributed by atoms with Crippen LogP contribution in [0.15, 0.2) is 22.4 Å². The molecule has 1 aliphatic carbocycles. The van der Waals surface area contributed by atoms with Crippen molar-refractivity contribution in [3.8, 4) is 0 Å². The normalized spacial score (nSPS) is 20.1. The average Bonchev–Trinajstić information content (AvgIpc) is 2.22. The van der Waals surface area contributed by atoms with E-state index in [1.807, 2.05) is 0 Å². The Morgan fingerprint density at radius 3 is 2.21 bits per heavy atom. The van der Waals surface area contributed by atoms with E-state index in [-0.39, 0.29) is 5.78 Å². The van der Waals surface area contributed by atoms with Gasteiger partial charge in [-0.05, 0) is 28.1 Å². The maximum absolute atomic E-state index is 11.8. The molecule has 0 atom stereocenters. The number of rotatable bonds is 3. The van der Waals surface area contributed by atoms with Gasteiger partial charge in [-0.2, -0.15) is 0 Å². The minimum atomic E-state index is -1.46. The Balaban J connectivity index is 3.20. The van der Waals surface area contributed by atoms with Crippen LogP contribution >= 0.6 is 15.9 Å². The average molecular weight is 263 g/mol. The molecule has 0 unspecified atom stereocenters. The van der Waals surface area contributed by atoms with E-state index in [9.17, 15) is 4.79 Å². The zero-order valence-corrected chi connectivity index (χ0v) is 9.75. The molecule has 0 saturated carbocycles. The first kappa shape index (κ1) is 11.4. The van der Waals surface area contributed by atoms with Crippen molar-refractivity contribution in [3.05, 3.63) is 22.4 Å². The summed E-state index contributed by atoms with van der Waals surface area (Å²) in [5.74, 6) is -1.44. The molecular formula is C9H11BrO4. The minimum Gasteiger partial charge on any atom is -0.495 e. The van der Waals surface area contributed by atoms with Gasteiger partial charge in [0.25, 0.3) is 5.79 Å². The van der Waals surface area contributed by atoms with Crippen LogP contribution < -0.4 is 0 Å². The summed E-state index contributed by atoms with van der Waals surface area (Å²) in [7, 11) is 4.23. The first-order chi connectivity index (χ1) is 6.62. The van der Waals surface area contributed by atoms with Crippen LogP contribution in [0.1, 0.15) is 0 Å². The molecule has 0 aromatic heterocycles. The Labute approximate surface area is 90.6 Å². The molecule has 0 bridgehead atoms. The smallest absolute Gasteiger partial charge is 0.294 e. The minimum absolute atomic E-state index is 0.318. The Hall–Kier alpha value is -0.650. The summed E-state index contributed by atoms with van der Waals surface area (Å²) in [4.78, 5) is 11.8. The lowest BCUT2D eigenvalue weighted by molar-refractivity contribution is -0.199. The van der Waals surface area contributed by atoms with Crippen molar-refractivity contribution in [2.75, 3.05) is 21.3 Å². The summed E-state index contributed by atoms with van der Waals surface area (Å²) < 4.78 is 15.6. The summed E-state index contributed by atoms with van der Waals surface area (Å²) >= 11 is 3.12. The second-order valence-corrected chi connectivity index (χ2v) is 3.46. The molecular weight excluding hydrogens is 252 g/mol. The van der Waals surface area contributed by atoms with Gasteiger partial charge < -0.3 is 14.2 Å². The van der Waals surface area contributed by atoms with Crippen molar-refractivity contribution < 1.29 is 19.0 Å². The molecule has 0 fully saturated rings. The van der Waals surface area contributed by atoms with Gasteiger partial charge in [0.2, 0.25) is 5.78 Å². The van der Waals surface area contributed by atoms with E-state index in [2.05, 4.69) is 15.9 Å². The van der Waals surface area contributed by atoms with Gasteiger partial charge >= 0.3 is 0 Å². The highest BCUT2D eigenvalue weighted by molar-refractivity contribution is 9.12. The summed E-state index contributed by atoms with van der Waals surface area (Å²) in [6.45, 7) is 0. The highest BCUT2D eigenvalue weighted by atomic mass is 79.9. The van der Waals surface area contributed by atoms with E-state index in [1.54, 1.807) is 12.2 Å². The fourth-order valence-electron chi connectivity index (χ4n) is 1.28. The predicted molar refractivity (Wildman–Crippen MR) is 53.9 cm³/mol. The van der Waals surface area contributed by atoms with Crippen molar-refractivity contribution in [3.63, 3.8) is 0 Å². The molecule has 0 N–H and O–H groups in total. The molecule has 0 aromatic rings. The molecule has 0 amide bonds. The molecule has 1 rings (SSSR count). The SMILES string of the molecule is COC1=CC=C(Br)C(=O)C1(OC)OC. The second-order valence-electron chi connectivity index (χ2n) is 2.60. The van der Waals surface area contributed by atoms with Gasteiger partial charge in [0, 0.05) is 14.2 Å². The lowest BCUT2D eigenvalue weighted by Gasteiger charge is -2.31. The molecule has 0 heterocycles. The highest BCUT2D eigenvalue weighted by Gasteiger charge is 2.47. The van der Waals surface area contributed by atoms with Gasteiger partial charge in [-0.15, -0.1) is 0 Å². The Bertz CT molecular complexity index is 302. The number of hydrogen-bond donors (Lipinski definition) is 0. The summed E-state index contributed by atoms with van der Waals surface area (Å²) in [5.41, 5.74) is 0. The maximum Gasteiger partial charge on any atom is 0.294 e. The van der Waals surface area contributed by atoms with Crippen molar-refractivity contribution in [2.24, 2.45) is 0 Å². The van der Waals surface area contributed by atoms with Gasteiger partial charge in [-0.3, -0.25) is 4.79 Å². The number of carbonyl (C=O) groups excluding carboxylic acids is 1. The number of allylic oxidation sites excluding steroid dienone is 2. The monoisotopic (exact) mass is 262 g/mol. The number of halogens is 1. The molecule has 0 aromatic carbocycles. The van der Waals surface area contributed by atoms with E-state index >= 15 is 0 Å². The van der Waals surface area contributed by atoms with Crippen molar-refractivity contribution in [2.45, 2.75) is 5.79 Å². The van der Waals surface area contributed by atoms with E-state index in [0.29, 0.717) is 10.2 Å². The van der Waals surface area contributed by atoms with Gasteiger partial charge in [0.05, 0.1) is 11.6 Å². The van der Waals surface area contributed by atoms with Crippen molar-refractivity contribution >= 4 is 21.7 Å². The molecule has 0 spiro atoms. The number of carbonyl (C=O) groups is 1. The number of hydrogen-bond acceptors (Lipinski definition) is 4. The quantitative estimate of drug-likeness (QED) is 0.721. The van der Waals surface area contributed by atoms with Crippen LogP contribution in [0, 0.1) is 0 Å². The van der Waals surface area contributed by atoms with E-state index in [1.165, 1.54) is 21.3 Å². The summed E-state index contributed by atoms with van der Waals surface area (Å²) in [6.07, 6.45) is 3.22. The zero-order valence-electron chi connectivity index (χ0n) is 8.17. The summed E-state index contributed by atoms with van der Waals surface area (Å²) in [5, 5.41) is 0. The third-order valence-electron chi connectivity index (χ3n) is 2.02. The molecule has 78 valence electrons. The van der Waals surface area contributed by atoms with Crippen LogP contribution in [-0.4, -0.2) is 32.9 Å². The van der Waals surface area contributed by atoms with Gasteiger partial charge in [-0.25, -0.2) is 0 Å². The molecule has 0 saturated heterocycles. The predicted octanol–water partition coefficient (Wildman–Crippen LogP) is 1.37. The third kappa shape index (κ3) is 1.51. The fraction of sp³-hybridized carbons (Fsp3) is 0.444. The van der Waals surface area contributed by atoms with Crippen LogP contribution in [0.25, 0.3) is 0 Å². The van der Waals surface area contributed by atoms with Crippen molar-refractivity contribution in [1.82, 2.24) is 0 Å². The number of Topliss-reactive ketones (excluding diaryl/α,β-unsaturated/α-hetero) is 1. The topological polar surface area (TPSA) is 44.8 Å². The van der Waals surface area contributed by atoms with Crippen LogP contribution in [0.5, 0.6) is 0 Å². The number of ether oxygens (including phenoxy) is 3. The lowest BCUT2D eigenvalue weighted by atomic mass is 10.0. The molecule has 0 aliphatic heterocycles. The Kier molecular flexibility index (Phi) is 3.47. The number of methoxy groups -OCH3 is 3. The Morgan fingerprint density at radius 1 is 1.21 bits per heavy atom. The first-order valence-electron chi connectivity index (χ1n) is 3.89. The molecule has 4 nitrogen and oxygen atoms in total. The highest BCUT2D eigenvalue weighted by Crippen LogP contribution is 2.32. The van der Waals surface area contributed by atoms with Crippen LogP contribution in [-0.2, 0) is 19.0 Å². The van der Waals surface area contributed by atoms with Gasteiger partial charge in [-0.1, -0.05) is 0 Å². The van der Waals surface area contributed by atoms with E-state index in [4.69, 9.17) is 14.2 Å². The zero-order chi connectivity index (χ0) is 10.8. The lowest BCUT2D eigenvalue weighted by Crippen LogP contribution is -2.46. The standard InChI is InChI=1S/C9H11BrO4/c1-12-7-5-4-6(10)8(11)9(7,13-2)14-3/h4-5H,1-3H3. The maximum atomic E-state index is 11.8. The number of ketones is 1. The second kappa shape index (κ2) is 4.25. The molecule has 5 heteroatoms. The van der Waals surface area contributed by atoms with Gasteiger partial charge in [0.1, 0.15) is 0 Å². The van der Waals surface area contributed by atoms with Gasteiger partial charge in [0.15, 0.2) is 5.76 Å². The Morgan fingerprint density at radius 2 is 1.79 bits per heavy atom. The van der Waals surface area contributed by atoms with Crippen LogP contribution in [0.4, 0.5) is 0 Å². The summed E-state index contributed by atoms with van der Waals surface area (Å²) in [6, 6.07) is 0. The van der Waals surface area contributed by atoms with Crippen LogP contribution in [0.3, 0.4) is 0 Å². The third-order valence-corrected chi connectivity index (χ3v) is 2.64. The molecule has 1 aliphatic rings. The van der Waals surface area contributed by atoms with E-state index < -0.39 is 5.79 Å². The molecule has 14 heavy (non-hydrogen) atoms. The van der Waals surface area contributed by atoms with E-state index in [0.717, 1.165) is 0 Å². The molecule has 0 radical (unpaired) electrons.